The van der Waals surface area contributed by atoms with Crippen LogP contribution in [0, 0.1) is 11.3 Å². The Balaban J connectivity index is 1.42. The van der Waals surface area contributed by atoms with Crippen LogP contribution in [0.25, 0.3) is 0 Å². The number of halogens is 1. The monoisotopic (exact) mass is 445 g/mol. The molecule has 2 aromatic rings. The van der Waals surface area contributed by atoms with E-state index in [1.807, 2.05) is 0 Å². The van der Waals surface area contributed by atoms with E-state index >= 15 is 0 Å². The van der Waals surface area contributed by atoms with Crippen molar-refractivity contribution in [1.82, 2.24) is 10.3 Å². The summed E-state index contributed by atoms with van der Waals surface area (Å²) >= 11 is 7.35. The molecule has 3 atom stereocenters. The first-order valence-corrected chi connectivity index (χ1v) is 11.8. The average Bonchev–Trinajstić information content (AvgIpc) is 3.20. The lowest BCUT2D eigenvalue weighted by Crippen LogP contribution is -2.44. The summed E-state index contributed by atoms with van der Waals surface area (Å²) in [7, 11) is 0. The van der Waals surface area contributed by atoms with Crippen LogP contribution in [0.5, 0.6) is 0 Å². The highest BCUT2D eigenvalue weighted by Gasteiger charge is 2.37. The largest absolute Gasteiger partial charge is 0.353 e. The molecule has 1 fully saturated rings. The number of benzene rings is 1. The molecule has 7 heteroatoms. The summed E-state index contributed by atoms with van der Waals surface area (Å²) in [6.45, 7) is 6.83. The summed E-state index contributed by atoms with van der Waals surface area (Å²) in [6, 6.07) is 6.96. The van der Waals surface area contributed by atoms with Gasteiger partial charge in [0.2, 0.25) is 5.91 Å². The van der Waals surface area contributed by atoms with Gasteiger partial charge in [-0.3, -0.25) is 14.9 Å². The van der Waals surface area contributed by atoms with Crippen molar-refractivity contribution in [3.8, 4) is 0 Å². The Kier molecular flexibility index (Phi) is 5.90. The number of anilines is 1. The van der Waals surface area contributed by atoms with E-state index in [1.165, 1.54) is 17.8 Å². The van der Waals surface area contributed by atoms with Gasteiger partial charge in [0.25, 0.3) is 5.91 Å². The van der Waals surface area contributed by atoms with Crippen LogP contribution >= 0.6 is 22.9 Å². The Morgan fingerprint density at radius 3 is 2.63 bits per heavy atom. The first kappa shape index (κ1) is 21.3. The number of aromatic nitrogens is 1. The van der Waals surface area contributed by atoms with Crippen LogP contribution in [0.15, 0.2) is 24.3 Å². The Morgan fingerprint density at radius 1 is 1.20 bits per heavy atom. The van der Waals surface area contributed by atoms with Crippen molar-refractivity contribution < 1.29 is 9.59 Å². The smallest absolute Gasteiger partial charge is 0.257 e. The molecule has 0 aliphatic heterocycles. The lowest BCUT2D eigenvalue weighted by molar-refractivity contribution is -0.123. The predicted octanol–water partition coefficient (Wildman–Crippen LogP) is 5.41. The fourth-order valence-corrected chi connectivity index (χ4v) is 6.22. The molecule has 1 aromatic carbocycles. The molecule has 4 rings (SSSR count). The second kappa shape index (κ2) is 8.31. The van der Waals surface area contributed by atoms with Gasteiger partial charge >= 0.3 is 0 Å². The summed E-state index contributed by atoms with van der Waals surface area (Å²) in [5.74, 6) is 0.243. The van der Waals surface area contributed by atoms with E-state index < -0.39 is 0 Å². The first-order valence-electron chi connectivity index (χ1n) is 10.6. The molecule has 1 aromatic heterocycles. The third-order valence-corrected chi connectivity index (χ3v) is 7.39. The van der Waals surface area contributed by atoms with Crippen molar-refractivity contribution in [2.24, 2.45) is 11.3 Å². The number of thiazole rings is 1. The third kappa shape index (κ3) is 4.70. The summed E-state index contributed by atoms with van der Waals surface area (Å²) in [5.41, 5.74) is 1.61. The molecule has 2 aliphatic rings. The van der Waals surface area contributed by atoms with Gasteiger partial charge in [-0.25, -0.2) is 4.98 Å². The number of fused-ring (bicyclic) bond motifs is 1. The number of nitrogens with zero attached hydrogens (tertiary/aromatic N) is 1. The summed E-state index contributed by atoms with van der Waals surface area (Å²) < 4.78 is 0. The first-order chi connectivity index (χ1) is 14.2. The van der Waals surface area contributed by atoms with Gasteiger partial charge in [0.1, 0.15) is 0 Å². The molecule has 3 unspecified atom stereocenters. The summed E-state index contributed by atoms with van der Waals surface area (Å²) in [5, 5.41) is 7.29. The minimum atomic E-state index is -0.224. The number of carbonyl (C=O) groups excluding carboxylic acids is 2. The molecular formula is C23H28ClN3O2S. The minimum absolute atomic E-state index is 0.0736. The van der Waals surface area contributed by atoms with Gasteiger partial charge in [0, 0.05) is 21.5 Å². The predicted molar refractivity (Wildman–Crippen MR) is 121 cm³/mol. The van der Waals surface area contributed by atoms with Crippen LogP contribution in [0.3, 0.4) is 0 Å². The topological polar surface area (TPSA) is 71.1 Å². The van der Waals surface area contributed by atoms with Gasteiger partial charge in [-0.1, -0.05) is 32.4 Å². The maximum atomic E-state index is 13.0. The van der Waals surface area contributed by atoms with Crippen LogP contribution in [0.2, 0.25) is 5.02 Å². The molecule has 0 saturated heterocycles. The molecule has 0 bridgehead atoms. The molecule has 5 nitrogen and oxygen atoms in total. The van der Waals surface area contributed by atoms with E-state index in [-0.39, 0.29) is 29.2 Å². The maximum Gasteiger partial charge on any atom is 0.257 e. The van der Waals surface area contributed by atoms with Gasteiger partial charge in [0.05, 0.1) is 11.6 Å². The zero-order chi connectivity index (χ0) is 21.5. The Morgan fingerprint density at radius 2 is 1.93 bits per heavy atom. The Hall–Kier alpha value is -1.92. The highest BCUT2D eigenvalue weighted by atomic mass is 35.5. The van der Waals surface area contributed by atoms with Crippen LogP contribution in [0.4, 0.5) is 5.13 Å². The molecular weight excluding hydrogens is 418 g/mol. The second-order valence-corrected chi connectivity index (χ2v) is 11.0. The molecule has 2 N–H and O–H groups in total. The lowest BCUT2D eigenvalue weighted by Gasteiger charge is -2.39. The summed E-state index contributed by atoms with van der Waals surface area (Å²) in [4.78, 5) is 31.2. The quantitative estimate of drug-likeness (QED) is 0.660. The van der Waals surface area contributed by atoms with Crippen molar-refractivity contribution >= 4 is 39.9 Å². The molecule has 1 saturated carbocycles. The molecule has 30 heavy (non-hydrogen) atoms. The van der Waals surface area contributed by atoms with Crippen molar-refractivity contribution in [3.05, 3.63) is 45.4 Å². The standard InChI is InChI=1S/C23H28ClN3O2S/c1-13-10-16(12-23(2,3)11-13)25-21(29)17-8-9-18-19(17)26-22(30-18)27-20(28)14-4-6-15(24)7-5-14/h4-7,13,16-17H,8-12H2,1-3H3,(H,25,29)(H,26,27,28). The highest BCUT2D eigenvalue weighted by molar-refractivity contribution is 7.16. The van der Waals surface area contributed by atoms with Crippen molar-refractivity contribution in [3.63, 3.8) is 0 Å². The number of amides is 2. The van der Waals surface area contributed by atoms with Crippen LogP contribution in [-0.2, 0) is 11.2 Å². The fraction of sp³-hybridized carbons (Fsp3) is 0.522. The van der Waals surface area contributed by atoms with Gasteiger partial charge in [-0.15, -0.1) is 11.3 Å². The van der Waals surface area contributed by atoms with E-state index in [4.69, 9.17) is 11.6 Å². The number of carbonyl (C=O) groups is 2. The molecule has 2 aliphatic carbocycles. The van der Waals surface area contributed by atoms with E-state index in [0.29, 0.717) is 21.6 Å². The number of hydrogen-bond acceptors (Lipinski definition) is 4. The number of nitrogens with one attached hydrogen (secondary N) is 2. The normalized spacial score (nSPS) is 24.9. The van der Waals surface area contributed by atoms with Crippen molar-refractivity contribution in [2.75, 3.05) is 5.32 Å². The highest BCUT2D eigenvalue weighted by Crippen LogP contribution is 2.41. The zero-order valence-electron chi connectivity index (χ0n) is 17.6. The van der Waals surface area contributed by atoms with E-state index in [9.17, 15) is 9.59 Å². The fourth-order valence-electron chi connectivity index (χ4n) is 5.06. The van der Waals surface area contributed by atoms with E-state index in [1.54, 1.807) is 24.3 Å². The van der Waals surface area contributed by atoms with E-state index in [2.05, 4.69) is 36.4 Å². The average molecular weight is 446 g/mol. The third-order valence-electron chi connectivity index (χ3n) is 6.09. The number of rotatable bonds is 4. The second-order valence-electron chi connectivity index (χ2n) is 9.50. The van der Waals surface area contributed by atoms with Crippen LogP contribution < -0.4 is 10.6 Å². The molecule has 0 radical (unpaired) electrons. The van der Waals surface area contributed by atoms with Gasteiger partial charge in [-0.2, -0.15) is 0 Å². The SMILES string of the molecule is CC1CC(NC(=O)C2CCc3sc(NC(=O)c4ccc(Cl)cc4)nc32)CC(C)(C)C1. The number of aryl methyl sites for hydroxylation is 1. The van der Waals surface area contributed by atoms with Gasteiger partial charge in [-0.05, 0) is 67.7 Å². The molecule has 160 valence electrons. The van der Waals surface area contributed by atoms with Gasteiger partial charge in [0.15, 0.2) is 5.13 Å². The lowest BCUT2D eigenvalue weighted by atomic mass is 9.70. The van der Waals surface area contributed by atoms with Crippen LogP contribution in [0.1, 0.15) is 73.3 Å². The number of hydrogen-bond donors (Lipinski definition) is 2. The molecule has 0 spiro atoms. The maximum absolute atomic E-state index is 13.0. The van der Waals surface area contributed by atoms with Gasteiger partial charge < -0.3 is 5.32 Å². The van der Waals surface area contributed by atoms with Crippen molar-refractivity contribution in [1.29, 1.82) is 0 Å². The molecule has 1 heterocycles. The van der Waals surface area contributed by atoms with E-state index in [0.717, 1.165) is 36.3 Å². The Labute approximate surface area is 186 Å². The minimum Gasteiger partial charge on any atom is -0.353 e. The summed E-state index contributed by atoms with van der Waals surface area (Å²) in [6.07, 6.45) is 4.87. The molecule has 2 amide bonds. The Bertz CT molecular complexity index is 954. The zero-order valence-corrected chi connectivity index (χ0v) is 19.2. The van der Waals surface area contributed by atoms with Crippen molar-refractivity contribution in [2.45, 2.75) is 64.8 Å². The van der Waals surface area contributed by atoms with Crippen LogP contribution in [-0.4, -0.2) is 22.8 Å².